The van der Waals surface area contributed by atoms with Crippen molar-refractivity contribution >= 4 is 0 Å². The average Bonchev–Trinajstić information content (AvgIpc) is 2.53. The molecule has 1 saturated carbocycles. The van der Waals surface area contributed by atoms with Gasteiger partial charge in [-0.2, -0.15) is 0 Å². The number of aromatic nitrogens is 1. The third-order valence-electron chi connectivity index (χ3n) is 3.21. The molecule has 0 amide bonds. The summed E-state index contributed by atoms with van der Waals surface area (Å²) < 4.78 is 5.19. The molecular weight excluding hydrogens is 190 g/mol. The highest BCUT2D eigenvalue weighted by molar-refractivity contribution is 5.11. The summed E-state index contributed by atoms with van der Waals surface area (Å²) in [6.45, 7) is 0.138. The van der Waals surface area contributed by atoms with Crippen molar-refractivity contribution in [2.75, 3.05) is 6.61 Å². The van der Waals surface area contributed by atoms with E-state index in [1.165, 1.54) is 38.5 Å². The first-order chi connectivity index (χ1) is 7.40. The molecule has 0 atom stereocenters. The van der Waals surface area contributed by atoms with Gasteiger partial charge in [0, 0.05) is 18.4 Å². The fourth-order valence-corrected chi connectivity index (χ4v) is 2.32. The van der Waals surface area contributed by atoms with Gasteiger partial charge in [0.2, 0.25) is 0 Å². The molecule has 1 aromatic heterocycles. The summed E-state index contributed by atoms with van der Waals surface area (Å²) in [5.41, 5.74) is 1.10. The Kier molecular flexibility index (Phi) is 3.78. The molecule has 0 unspecified atom stereocenters. The number of aliphatic hydroxyl groups excluding tert-OH is 1. The van der Waals surface area contributed by atoms with E-state index in [2.05, 4.69) is 5.16 Å². The van der Waals surface area contributed by atoms with Gasteiger partial charge >= 0.3 is 0 Å². The van der Waals surface area contributed by atoms with Crippen LogP contribution in [0.25, 0.3) is 0 Å². The normalized spacial score (nSPS) is 19.0. The zero-order valence-electron chi connectivity index (χ0n) is 9.11. The second kappa shape index (κ2) is 5.31. The van der Waals surface area contributed by atoms with Gasteiger partial charge in [-0.05, 0) is 12.8 Å². The van der Waals surface area contributed by atoms with Crippen molar-refractivity contribution in [2.45, 2.75) is 50.9 Å². The third-order valence-corrected chi connectivity index (χ3v) is 3.21. The molecule has 1 aliphatic rings. The van der Waals surface area contributed by atoms with Crippen LogP contribution in [0.1, 0.15) is 55.9 Å². The van der Waals surface area contributed by atoms with E-state index in [1.54, 1.807) is 0 Å². The molecule has 3 heteroatoms. The Morgan fingerprint density at radius 2 is 2.00 bits per heavy atom. The first-order valence-electron chi connectivity index (χ1n) is 5.96. The molecule has 84 valence electrons. The smallest absolute Gasteiger partial charge is 0.139 e. The molecule has 0 bridgehead atoms. The highest BCUT2D eigenvalue weighted by atomic mass is 16.5. The summed E-state index contributed by atoms with van der Waals surface area (Å²) in [5, 5.41) is 12.9. The summed E-state index contributed by atoms with van der Waals surface area (Å²) in [5.74, 6) is 1.40. The van der Waals surface area contributed by atoms with Crippen molar-refractivity contribution in [2.24, 2.45) is 0 Å². The molecular formula is C12H19NO2. The van der Waals surface area contributed by atoms with E-state index in [1.807, 2.05) is 6.07 Å². The molecule has 1 fully saturated rings. The number of aliphatic hydroxyl groups is 1. The van der Waals surface area contributed by atoms with Crippen LogP contribution < -0.4 is 0 Å². The molecule has 0 radical (unpaired) electrons. The number of hydrogen-bond donors (Lipinski definition) is 1. The van der Waals surface area contributed by atoms with Crippen LogP contribution in [-0.4, -0.2) is 16.9 Å². The van der Waals surface area contributed by atoms with Gasteiger partial charge < -0.3 is 9.63 Å². The molecule has 0 aliphatic heterocycles. The Bertz CT molecular complexity index is 288. The van der Waals surface area contributed by atoms with E-state index in [9.17, 15) is 0 Å². The molecule has 1 aromatic rings. The van der Waals surface area contributed by atoms with Crippen molar-refractivity contribution in [3.8, 4) is 0 Å². The van der Waals surface area contributed by atoms with E-state index < -0.39 is 0 Å². The molecule has 15 heavy (non-hydrogen) atoms. The monoisotopic (exact) mass is 209 g/mol. The minimum atomic E-state index is 0.138. The number of rotatable bonds is 3. The predicted octanol–water partition coefficient (Wildman–Crippen LogP) is 2.65. The van der Waals surface area contributed by atoms with E-state index >= 15 is 0 Å². The Morgan fingerprint density at radius 3 is 2.67 bits per heavy atom. The largest absolute Gasteiger partial charge is 0.396 e. The summed E-state index contributed by atoms with van der Waals surface area (Å²) >= 11 is 0. The Hall–Kier alpha value is -0.830. The lowest BCUT2D eigenvalue weighted by molar-refractivity contribution is 0.276. The first kappa shape index (κ1) is 10.7. The Balaban J connectivity index is 2.00. The molecule has 2 rings (SSSR count). The van der Waals surface area contributed by atoms with Crippen molar-refractivity contribution in [3.05, 3.63) is 17.5 Å². The van der Waals surface area contributed by atoms with E-state index in [4.69, 9.17) is 9.63 Å². The number of hydrogen-bond acceptors (Lipinski definition) is 3. The minimum absolute atomic E-state index is 0.138. The van der Waals surface area contributed by atoms with Crippen molar-refractivity contribution in [1.82, 2.24) is 5.16 Å². The van der Waals surface area contributed by atoms with Gasteiger partial charge in [-0.1, -0.05) is 30.8 Å². The zero-order valence-corrected chi connectivity index (χ0v) is 9.11. The van der Waals surface area contributed by atoms with Gasteiger partial charge in [0.1, 0.15) is 5.76 Å². The Morgan fingerprint density at radius 1 is 1.27 bits per heavy atom. The zero-order chi connectivity index (χ0) is 10.5. The van der Waals surface area contributed by atoms with Crippen molar-refractivity contribution < 1.29 is 9.63 Å². The van der Waals surface area contributed by atoms with Gasteiger partial charge in [0.25, 0.3) is 0 Å². The van der Waals surface area contributed by atoms with Gasteiger partial charge in [-0.25, -0.2) is 0 Å². The van der Waals surface area contributed by atoms with Crippen LogP contribution in [-0.2, 0) is 6.42 Å². The maximum Gasteiger partial charge on any atom is 0.139 e. The molecule has 3 nitrogen and oxygen atoms in total. The summed E-state index contributed by atoms with van der Waals surface area (Å²) in [7, 11) is 0. The summed E-state index contributed by atoms with van der Waals surface area (Å²) in [6, 6.07) is 2.02. The lowest BCUT2D eigenvalue weighted by atomic mass is 9.96. The summed E-state index contributed by atoms with van der Waals surface area (Å²) in [4.78, 5) is 0. The fourth-order valence-electron chi connectivity index (χ4n) is 2.32. The second-order valence-corrected chi connectivity index (χ2v) is 4.38. The van der Waals surface area contributed by atoms with Crippen LogP contribution in [0.3, 0.4) is 0 Å². The van der Waals surface area contributed by atoms with Gasteiger partial charge in [0.15, 0.2) is 0 Å². The topological polar surface area (TPSA) is 46.3 Å². The maximum absolute atomic E-state index is 8.80. The van der Waals surface area contributed by atoms with Gasteiger partial charge in [-0.3, -0.25) is 0 Å². The van der Waals surface area contributed by atoms with Crippen LogP contribution in [0.15, 0.2) is 10.6 Å². The van der Waals surface area contributed by atoms with E-state index in [0.717, 1.165) is 11.5 Å². The van der Waals surface area contributed by atoms with Gasteiger partial charge in [-0.15, -0.1) is 0 Å². The van der Waals surface area contributed by atoms with Crippen molar-refractivity contribution in [1.29, 1.82) is 0 Å². The minimum Gasteiger partial charge on any atom is -0.396 e. The second-order valence-electron chi connectivity index (χ2n) is 4.38. The molecule has 0 aromatic carbocycles. The average molecular weight is 209 g/mol. The SMILES string of the molecule is OCCc1cc(C2CCCCCC2)no1. The summed E-state index contributed by atoms with van der Waals surface area (Å²) in [6.07, 6.45) is 8.41. The molecule has 0 saturated heterocycles. The lowest BCUT2D eigenvalue weighted by Gasteiger charge is -2.08. The molecule has 1 N–H and O–H groups in total. The molecule has 1 aliphatic carbocycles. The van der Waals surface area contributed by atoms with Crippen molar-refractivity contribution in [3.63, 3.8) is 0 Å². The first-order valence-corrected chi connectivity index (χ1v) is 5.96. The van der Waals surface area contributed by atoms with Crippen LogP contribution in [0, 0.1) is 0 Å². The van der Waals surface area contributed by atoms with E-state index in [0.29, 0.717) is 12.3 Å². The quantitative estimate of drug-likeness (QED) is 0.778. The highest BCUT2D eigenvalue weighted by Crippen LogP contribution is 2.31. The predicted molar refractivity (Wildman–Crippen MR) is 57.7 cm³/mol. The van der Waals surface area contributed by atoms with Crippen LogP contribution in [0.4, 0.5) is 0 Å². The number of nitrogens with zero attached hydrogens (tertiary/aromatic N) is 1. The van der Waals surface area contributed by atoms with E-state index in [-0.39, 0.29) is 6.61 Å². The standard InChI is InChI=1S/C12H19NO2/c14-8-7-11-9-12(13-15-11)10-5-3-1-2-4-6-10/h9-10,14H,1-8H2. The van der Waals surface area contributed by atoms with Crippen LogP contribution >= 0.6 is 0 Å². The highest BCUT2D eigenvalue weighted by Gasteiger charge is 2.18. The van der Waals surface area contributed by atoms with Crippen LogP contribution in [0.2, 0.25) is 0 Å². The van der Waals surface area contributed by atoms with Crippen LogP contribution in [0.5, 0.6) is 0 Å². The maximum atomic E-state index is 8.80. The molecule has 0 spiro atoms. The lowest BCUT2D eigenvalue weighted by Crippen LogP contribution is -1.97. The van der Waals surface area contributed by atoms with Gasteiger partial charge in [0.05, 0.1) is 12.3 Å². The third kappa shape index (κ3) is 2.81. The Labute approximate surface area is 90.5 Å². The fraction of sp³-hybridized carbons (Fsp3) is 0.750. The molecule has 1 heterocycles.